The van der Waals surface area contributed by atoms with Gasteiger partial charge in [-0.15, -0.1) is 63.1 Å². The number of hydrogen-bond donors (Lipinski definition) is 5. The van der Waals surface area contributed by atoms with E-state index in [0.717, 1.165) is 41.1 Å². The van der Waals surface area contributed by atoms with E-state index in [4.69, 9.17) is 0 Å². The van der Waals surface area contributed by atoms with Gasteiger partial charge in [0, 0.05) is 30.0 Å². The molecule has 0 saturated carbocycles. The van der Waals surface area contributed by atoms with Crippen molar-refractivity contribution >= 4 is 89.8 Å². The summed E-state index contributed by atoms with van der Waals surface area (Å²) in [6.45, 7) is 2.07. The van der Waals surface area contributed by atoms with Gasteiger partial charge in [0.25, 0.3) is 0 Å². The lowest BCUT2D eigenvalue weighted by molar-refractivity contribution is 1.10. The van der Waals surface area contributed by atoms with Gasteiger partial charge in [0.1, 0.15) is 15.7 Å². The summed E-state index contributed by atoms with van der Waals surface area (Å²) < 4.78 is 0. The fourth-order valence-corrected chi connectivity index (χ4v) is 4.01. The zero-order valence-corrected chi connectivity index (χ0v) is 15.9. The van der Waals surface area contributed by atoms with Gasteiger partial charge in [-0.25, -0.2) is 0 Å². The van der Waals surface area contributed by atoms with Gasteiger partial charge >= 0.3 is 0 Å². The molecule has 0 spiro atoms. The van der Waals surface area contributed by atoms with Crippen LogP contribution in [0.25, 0.3) is 11.1 Å². The molecule has 0 aliphatic carbocycles. The van der Waals surface area contributed by atoms with Gasteiger partial charge < -0.3 is 0 Å². The lowest BCUT2D eigenvalue weighted by Gasteiger charge is -2.20. The number of rotatable bonds is 1. The van der Waals surface area contributed by atoms with Gasteiger partial charge in [0.15, 0.2) is 0 Å². The Bertz CT molecular complexity index is 651. The molecule has 0 N–H and O–H groups in total. The largest absolute Gasteiger partial charge is 0.144 e. The highest BCUT2D eigenvalue weighted by atomic mass is 32.1. The van der Waals surface area contributed by atoms with Crippen LogP contribution in [0.1, 0.15) is 5.56 Å². The minimum Gasteiger partial charge on any atom is -0.144 e. The Morgan fingerprint density at radius 1 is 0.750 bits per heavy atom. The molecule has 0 aromatic heterocycles. The van der Waals surface area contributed by atoms with Crippen LogP contribution in [0.5, 0.6) is 0 Å². The van der Waals surface area contributed by atoms with Crippen molar-refractivity contribution in [1.82, 2.24) is 0 Å². The Labute approximate surface area is 149 Å². The molecule has 0 aliphatic rings. The summed E-state index contributed by atoms with van der Waals surface area (Å²) in [5, 5.41) is 0. The van der Waals surface area contributed by atoms with Gasteiger partial charge in [0.2, 0.25) is 0 Å². The summed E-state index contributed by atoms with van der Waals surface area (Å²) in [4.78, 5) is 4.20. The quantitative estimate of drug-likeness (QED) is 0.374. The highest BCUT2D eigenvalue weighted by Gasteiger charge is 2.17. The Kier molecular flexibility index (Phi) is 5.18. The van der Waals surface area contributed by atoms with Crippen molar-refractivity contribution in [2.75, 3.05) is 0 Å². The van der Waals surface area contributed by atoms with Crippen molar-refractivity contribution in [1.29, 1.82) is 0 Å². The third kappa shape index (κ3) is 2.80. The summed E-state index contributed by atoms with van der Waals surface area (Å²) in [5.41, 5.74) is 5.61. The van der Waals surface area contributed by atoms with Crippen molar-refractivity contribution in [2.45, 2.75) is 31.4 Å². The number of hydrogen-bond acceptors (Lipinski definition) is 5. The predicted octanol–water partition coefficient (Wildman–Crippen LogP) is 1.62. The maximum atomic E-state index is 4.62. The standard InChI is InChI=1S/C13H14B2S5/c1-4-2-5(14)8(10(15)11(4)18)9-6(16)3-7(17)12(19)13(9)20/h2-3,16-20H,14-15H2,1H3. The van der Waals surface area contributed by atoms with Crippen molar-refractivity contribution in [3.8, 4) is 11.1 Å². The van der Waals surface area contributed by atoms with E-state index in [0.29, 0.717) is 0 Å². The zero-order valence-electron chi connectivity index (χ0n) is 11.4. The smallest absolute Gasteiger partial charge is 0.141 e. The molecule has 0 aliphatic heterocycles. The Morgan fingerprint density at radius 2 is 1.35 bits per heavy atom. The van der Waals surface area contributed by atoms with E-state index in [1.165, 1.54) is 11.0 Å². The lowest BCUT2D eigenvalue weighted by Crippen LogP contribution is -2.22. The van der Waals surface area contributed by atoms with E-state index in [1.807, 2.05) is 6.07 Å². The predicted molar refractivity (Wildman–Crippen MR) is 109 cm³/mol. The number of aryl methyl sites for hydroxylation is 1. The fourth-order valence-electron chi connectivity index (χ4n) is 2.44. The van der Waals surface area contributed by atoms with Crippen LogP contribution in [-0.2, 0) is 0 Å². The lowest BCUT2D eigenvalue weighted by atomic mass is 9.77. The normalized spacial score (nSPS) is 10.9. The number of benzene rings is 2. The first kappa shape index (κ1) is 16.7. The van der Waals surface area contributed by atoms with Crippen molar-refractivity contribution in [3.05, 3.63) is 17.7 Å². The molecular formula is C13H14B2S5. The summed E-state index contributed by atoms with van der Waals surface area (Å²) in [5.74, 6) is 0. The third-order valence-electron chi connectivity index (χ3n) is 3.41. The van der Waals surface area contributed by atoms with E-state index < -0.39 is 0 Å². The topological polar surface area (TPSA) is 0 Å². The van der Waals surface area contributed by atoms with E-state index in [2.05, 4.69) is 91.8 Å². The molecule has 0 unspecified atom stereocenters. The molecule has 2 aromatic carbocycles. The van der Waals surface area contributed by atoms with Crippen molar-refractivity contribution in [3.63, 3.8) is 0 Å². The first-order valence-electron chi connectivity index (χ1n) is 6.02. The molecule has 2 rings (SSSR count). The molecule has 0 bridgehead atoms. The van der Waals surface area contributed by atoms with Gasteiger partial charge in [-0.3, -0.25) is 0 Å². The van der Waals surface area contributed by atoms with Gasteiger partial charge in [-0.05, 0) is 24.1 Å². The molecule has 0 saturated heterocycles. The van der Waals surface area contributed by atoms with Crippen LogP contribution in [0.2, 0.25) is 0 Å². The summed E-state index contributed by atoms with van der Waals surface area (Å²) in [7, 11) is 4.17. The minimum absolute atomic E-state index is 0.768. The first-order valence-corrected chi connectivity index (χ1v) is 8.26. The molecule has 0 amide bonds. The highest BCUT2D eigenvalue weighted by Crippen LogP contribution is 2.39. The average molecular weight is 352 g/mol. The van der Waals surface area contributed by atoms with Crippen molar-refractivity contribution in [2.24, 2.45) is 0 Å². The van der Waals surface area contributed by atoms with E-state index >= 15 is 0 Å². The maximum Gasteiger partial charge on any atom is 0.141 e. The van der Waals surface area contributed by atoms with E-state index in [-0.39, 0.29) is 0 Å². The van der Waals surface area contributed by atoms with Crippen LogP contribution in [-0.4, -0.2) is 15.7 Å². The second-order valence-corrected chi connectivity index (χ2v) is 7.15. The Hall–Kier alpha value is 0.320. The summed E-state index contributed by atoms with van der Waals surface area (Å²) in [6, 6.07) is 4.04. The van der Waals surface area contributed by atoms with Crippen LogP contribution in [0.15, 0.2) is 36.6 Å². The highest BCUT2D eigenvalue weighted by molar-refractivity contribution is 7.85. The molecule has 0 nitrogen and oxygen atoms in total. The average Bonchev–Trinajstić information content (AvgIpc) is 2.37. The first-order chi connectivity index (χ1) is 9.25. The van der Waals surface area contributed by atoms with Gasteiger partial charge in [-0.2, -0.15) is 0 Å². The molecular weight excluding hydrogens is 338 g/mol. The zero-order chi connectivity index (χ0) is 15.2. The SMILES string of the molecule is Bc1cc(C)c(S)c(B)c1-c1c(S)cc(S)c(S)c1S. The molecule has 0 radical (unpaired) electrons. The van der Waals surface area contributed by atoms with E-state index in [1.54, 1.807) is 0 Å². The Balaban J connectivity index is 2.90. The fraction of sp³-hybridized carbons (Fsp3) is 0.0769. The second kappa shape index (κ2) is 6.21. The molecule has 20 heavy (non-hydrogen) atoms. The van der Waals surface area contributed by atoms with E-state index in [9.17, 15) is 0 Å². The van der Waals surface area contributed by atoms with Crippen LogP contribution >= 0.6 is 63.1 Å². The monoisotopic (exact) mass is 352 g/mol. The van der Waals surface area contributed by atoms with Crippen LogP contribution in [0.4, 0.5) is 0 Å². The molecule has 0 fully saturated rings. The van der Waals surface area contributed by atoms with Crippen LogP contribution in [0.3, 0.4) is 0 Å². The number of thiol groups is 5. The molecule has 102 valence electrons. The summed E-state index contributed by atoms with van der Waals surface area (Å²) >= 11 is 22.7. The third-order valence-corrected chi connectivity index (χ3v) is 6.07. The molecule has 2 aromatic rings. The van der Waals surface area contributed by atoms with Gasteiger partial charge in [0.05, 0.1) is 0 Å². The summed E-state index contributed by atoms with van der Waals surface area (Å²) in [6.07, 6.45) is 0. The minimum atomic E-state index is 0.768. The Morgan fingerprint density at radius 3 is 1.95 bits per heavy atom. The molecule has 7 heteroatoms. The van der Waals surface area contributed by atoms with Crippen molar-refractivity contribution < 1.29 is 0 Å². The van der Waals surface area contributed by atoms with Gasteiger partial charge in [-0.1, -0.05) is 17.0 Å². The molecule has 0 heterocycles. The van der Waals surface area contributed by atoms with Crippen LogP contribution < -0.4 is 10.9 Å². The van der Waals surface area contributed by atoms with Crippen LogP contribution in [0, 0.1) is 6.92 Å². The maximum absolute atomic E-state index is 4.62. The molecule has 0 atom stereocenters. The second-order valence-electron chi connectivity index (χ2n) is 4.85.